The van der Waals surface area contributed by atoms with Gasteiger partial charge in [-0.1, -0.05) is 37.8 Å². The molecule has 0 atom stereocenters. The minimum absolute atomic E-state index is 0.162. The summed E-state index contributed by atoms with van der Waals surface area (Å²) in [6.07, 6.45) is 7.24. The van der Waals surface area contributed by atoms with E-state index in [1.165, 1.54) is 25.7 Å². The second-order valence-electron chi connectivity index (χ2n) is 5.63. The number of hydrogen-bond donors (Lipinski definition) is 3. The van der Waals surface area contributed by atoms with Crippen LogP contribution in [-0.4, -0.2) is 18.0 Å². The zero-order valence-corrected chi connectivity index (χ0v) is 12.2. The van der Waals surface area contributed by atoms with E-state index in [1.54, 1.807) is 24.3 Å². The van der Waals surface area contributed by atoms with Gasteiger partial charge in [-0.15, -0.1) is 0 Å². The third-order valence-electron chi connectivity index (χ3n) is 3.78. The molecular formula is C16H23N3O2. The molecule has 5 heteroatoms. The van der Waals surface area contributed by atoms with Crippen LogP contribution in [0.1, 0.15) is 44.1 Å². The van der Waals surface area contributed by atoms with E-state index in [2.05, 4.69) is 10.6 Å². The van der Waals surface area contributed by atoms with Crippen molar-refractivity contribution in [3.05, 3.63) is 29.8 Å². The van der Waals surface area contributed by atoms with Gasteiger partial charge < -0.3 is 16.4 Å². The summed E-state index contributed by atoms with van der Waals surface area (Å²) < 4.78 is 0. The Bertz CT molecular complexity index is 477. The lowest BCUT2D eigenvalue weighted by Crippen LogP contribution is -2.37. The Morgan fingerprint density at radius 1 is 1.05 bits per heavy atom. The van der Waals surface area contributed by atoms with Crippen LogP contribution >= 0.6 is 0 Å². The second-order valence-corrected chi connectivity index (χ2v) is 5.63. The topological polar surface area (TPSA) is 84.2 Å². The first kappa shape index (κ1) is 15.4. The number of hydrogen-bond acceptors (Lipinski definition) is 2. The Balaban J connectivity index is 1.82. The first-order valence-electron chi connectivity index (χ1n) is 7.58. The molecule has 21 heavy (non-hydrogen) atoms. The highest BCUT2D eigenvalue weighted by atomic mass is 16.2. The number of nitrogens with two attached hydrogens (primary N) is 1. The molecule has 1 aliphatic rings. The van der Waals surface area contributed by atoms with Crippen molar-refractivity contribution >= 4 is 17.6 Å². The van der Waals surface area contributed by atoms with Crippen molar-refractivity contribution < 1.29 is 9.59 Å². The van der Waals surface area contributed by atoms with E-state index in [9.17, 15) is 9.59 Å². The lowest BCUT2D eigenvalue weighted by atomic mass is 10.1. The largest absolute Gasteiger partial charge is 0.369 e. The third kappa shape index (κ3) is 5.45. The Hall–Kier alpha value is -2.04. The van der Waals surface area contributed by atoms with Crippen molar-refractivity contribution in [2.75, 3.05) is 5.32 Å². The van der Waals surface area contributed by atoms with E-state index in [0.717, 1.165) is 18.4 Å². The number of rotatable bonds is 4. The highest BCUT2D eigenvalue weighted by Crippen LogP contribution is 2.17. The predicted molar refractivity (Wildman–Crippen MR) is 83.0 cm³/mol. The van der Waals surface area contributed by atoms with Gasteiger partial charge in [0.2, 0.25) is 5.91 Å². The Morgan fingerprint density at radius 3 is 2.24 bits per heavy atom. The first-order chi connectivity index (χ1) is 10.1. The van der Waals surface area contributed by atoms with Gasteiger partial charge in [-0.3, -0.25) is 4.79 Å². The zero-order valence-electron chi connectivity index (χ0n) is 12.2. The molecule has 1 saturated carbocycles. The molecule has 0 radical (unpaired) electrons. The van der Waals surface area contributed by atoms with Crippen molar-refractivity contribution in [3.8, 4) is 0 Å². The lowest BCUT2D eigenvalue weighted by molar-refractivity contribution is -0.117. The Morgan fingerprint density at radius 2 is 1.67 bits per heavy atom. The number of urea groups is 1. The lowest BCUT2D eigenvalue weighted by Gasteiger charge is -2.16. The third-order valence-corrected chi connectivity index (χ3v) is 3.78. The maximum absolute atomic E-state index is 12.0. The molecule has 5 nitrogen and oxygen atoms in total. The van der Waals surface area contributed by atoms with E-state index >= 15 is 0 Å². The average molecular weight is 289 g/mol. The minimum Gasteiger partial charge on any atom is -0.369 e. The van der Waals surface area contributed by atoms with Crippen LogP contribution in [0.5, 0.6) is 0 Å². The first-order valence-corrected chi connectivity index (χ1v) is 7.58. The summed E-state index contributed by atoms with van der Waals surface area (Å²) >= 11 is 0. The van der Waals surface area contributed by atoms with E-state index in [4.69, 9.17) is 5.73 Å². The summed E-state index contributed by atoms with van der Waals surface area (Å²) in [6, 6.07) is 7.28. The van der Waals surface area contributed by atoms with Crippen molar-refractivity contribution in [2.24, 2.45) is 5.73 Å². The maximum Gasteiger partial charge on any atom is 0.319 e. The average Bonchev–Trinajstić information content (AvgIpc) is 2.69. The van der Waals surface area contributed by atoms with Crippen LogP contribution in [0.3, 0.4) is 0 Å². The molecule has 0 spiro atoms. The predicted octanol–water partition coefficient (Wildman–Crippen LogP) is 2.56. The van der Waals surface area contributed by atoms with Crippen molar-refractivity contribution in [1.82, 2.24) is 5.32 Å². The molecule has 1 fully saturated rings. The van der Waals surface area contributed by atoms with Crippen molar-refractivity contribution in [3.63, 3.8) is 0 Å². The molecule has 0 aromatic heterocycles. The van der Waals surface area contributed by atoms with Gasteiger partial charge in [-0.25, -0.2) is 4.79 Å². The number of benzene rings is 1. The number of carbonyl (C=O) groups is 2. The van der Waals surface area contributed by atoms with Gasteiger partial charge in [0.1, 0.15) is 0 Å². The molecule has 0 bridgehead atoms. The summed E-state index contributed by atoms with van der Waals surface area (Å²) in [5, 5.41) is 5.85. The summed E-state index contributed by atoms with van der Waals surface area (Å²) in [6.45, 7) is 0. The quantitative estimate of drug-likeness (QED) is 0.744. The van der Waals surface area contributed by atoms with Crippen molar-refractivity contribution in [2.45, 2.75) is 51.0 Å². The van der Waals surface area contributed by atoms with Gasteiger partial charge in [0.05, 0.1) is 6.42 Å². The summed E-state index contributed by atoms with van der Waals surface area (Å²) in [7, 11) is 0. The molecule has 1 aliphatic carbocycles. The number of anilines is 1. The van der Waals surface area contributed by atoms with Crippen LogP contribution < -0.4 is 16.4 Å². The number of amides is 3. The molecule has 0 aliphatic heterocycles. The second kappa shape index (κ2) is 7.67. The molecule has 3 amide bonds. The van der Waals surface area contributed by atoms with Gasteiger partial charge >= 0.3 is 6.03 Å². The zero-order chi connectivity index (χ0) is 15.1. The van der Waals surface area contributed by atoms with Gasteiger partial charge in [0, 0.05) is 11.7 Å². The van der Waals surface area contributed by atoms with Crippen LogP contribution in [0, 0.1) is 0 Å². The molecule has 114 valence electrons. The standard InChI is InChI=1S/C16H23N3O2/c17-15(20)11-12-7-9-14(10-8-12)19-16(21)18-13-5-3-1-2-4-6-13/h7-10,13H,1-6,11H2,(H2,17,20)(H2,18,19,21). The smallest absolute Gasteiger partial charge is 0.319 e. The monoisotopic (exact) mass is 289 g/mol. The molecular weight excluding hydrogens is 266 g/mol. The van der Waals surface area contributed by atoms with Crippen molar-refractivity contribution in [1.29, 1.82) is 0 Å². The van der Waals surface area contributed by atoms with Gasteiger partial charge in [0.25, 0.3) is 0 Å². The van der Waals surface area contributed by atoms with Crippen LogP contribution in [0.2, 0.25) is 0 Å². The maximum atomic E-state index is 12.0. The fourth-order valence-corrected chi connectivity index (χ4v) is 2.68. The molecule has 4 N–H and O–H groups in total. The number of carbonyl (C=O) groups excluding carboxylic acids is 2. The Labute approximate surface area is 125 Å². The fraction of sp³-hybridized carbons (Fsp3) is 0.500. The normalized spacial score (nSPS) is 16.0. The van der Waals surface area contributed by atoms with Gasteiger partial charge in [0.15, 0.2) is 0 Å². The van der Waals surface area contributed by atoms with Gasteiger partial charge in [-0.05, 0) is 30.5 Å². The van der Waals surface area contributed by atoms with Crippen LogP contribution in [-0.2, 0) is 11.2 Å². The van der Waals surface area contributed by atoms with Gasteiger partial charge in [-0.2, -0.15) is 0 Å². The van der Waals surface area contributed by atoms with E-state index < -0.39 is 0 Å². The SMILES string of the molecule is NC(=O)Cc1ccc(NC(=O)NC2CCCCCC2)cc1. The Kier molecular flexibility index (Phi) is 5.60. The molecule has 2 rings (SSSR count). The molecule has 0 unspecified atom stereocenters. The number of primary amides is 1. The minimum atomic E-state index is -0.359. The van der Waals surface area contributed by atoms with E-state index in [-0.39, 0.29) is 24.4 Å². The van der Waals surface area contributed by atoms with Crippen LogP contribution in [0.15, 0.2) is 24.3 Å². The fourth-order valence-electron chi connectivity index (χ4n) is 2.68. The molecule has 1 aromatic carbocycles. The molecule has 0 heterocycles. The summed E-state index contributed by atoms with van der Waals surface area (Å²) in [5.74, 6) is -0.359. The van der Waals surface area contributed by atoms with E-state index in [1.807, 2.05) is 0 Å². The van der Waals surface area contributed by atoms with E-state index in [0.29, 0.717) is 5.69 Å². The highest BCUT2D eigenvalue weighted by Gasteiger charge is 2.14. The van der Waals surface area contributed by atoms with Crippen LogP contribution in [0.25, 0.3) is 0 Å². The molecule has 1 aromatic rings. The summed E-state index contributed by atoms with van der Waals surface area (Å²) in [5.41, 5.74) is 6.70. The highest BCUT2D eigenvalue weighted by molar-refractivity contribution is 5.89. The number of nitrogens with one attached hydrogen (secondary N) is 2. The van der Waals surface area contributed by atoms with Crippen LogP contribution in [0.4, 0.5) is 10.5 Å². The molecule has 0 saturated heterocycles. The summed E-state index contributed by atoms with van der Waals surface area (Å²) in [4.78, 5) is 22.8.